The summed E-state index contributed by atoms with van der Waals surface area (Å²) in [6, 6.07) is 5.93. The summed E-state index contributed by atoms with van der Waals surface area (Å²) in [5.41, 5.74) is 2.10. The number of hydrogen-bond acceptors (Lipinski definition) is 1. The largest absolute Gasteiger partial charge is 0.481 e. The van der Waals surface area contributed by atoms with Crippen LogP contribution in [0.5, 0.6) is 0 Å². The Kier molecular flexibility index (Phi) is 2.77. The number of carboxylic acid groups (broad SMARTS) is 1. The Hall–Kier alpha value is -1.29. The van der Waals surface area contributed by atoms with Crippen molar-refractivity contribution in [1.29, 1.82) is 0 Å². The minimum absolute atomic E-state index is 0.174. The van der Waals surface area contributed by atoms with Gasteiger partial charge in [-0.2, -0.15) is 0 Å². The molecule has 4 heteroatoms. The van der Waals surface area contributed by atoms with Gasteiger partial charge < -0.3 is 10.1 Å². The van der Waals surface area contributed by atoms with Crippen LogP contribution < -0.4 is 0 Å². The molecule has 1 aromatic carbocycles. The Morgan fingerprint density at radius 3 is 3.00 bits per heavy atom. The maximum Gasteiger partial charge on any atom is 0.303 e. The number of aryl methyl sites for hydroxylation is 1. The van der Waals surface area contributed by atoms with E-state index in [0.29, 0.717) is 6.42 Å². The third kappa shape index (κ3) is 2.21. The van der Waals surface area contributed by atoms with Crippen LogP contribution in [0.25, 0.3) is 10.9 Å². The SMILES string of the molecule is O=C(O)CCc1ccc2[nH]cc(Br)c2c1. The highest BCUT2D eigenvalue weighted by atomic mass is 79.9. The van der Waals surface area contributed by atoms with Crippen molar-refractivity contribution in [3.63, 3.8) is 0 Å². The summed E-state index contributed by atoms with van der Waals surface area (Å²) >= 11 is 3.43. The number of fused-ring (bicyclic) bond motifs is 1. The number of rotatable bonds is 3. The van der Waals surface area contributed by atoms with Crippen molar-refractivity contribution in [2.45, 2.75) is 12.8 Å². The van der Waals surface area contributed by atoms with Gasteiger partial charge >= 0.3 is 5.97 Å². The molecule has 15 heavy (non-hydrogen) atoms. The zero-order valence-corrected chi connectivity index (χ0v) is 9.54. The first kappa shape index (κ1) is 10.2. The van der Waals surface area contributed by atoms with Gasteiger partial charge in [0.15, 0.2) is 0 Å². The third-order valence-corrected chi connectivity index (χ3v) is 2.98. The summed E-state index contributed by atoms with van der Waals surface area (Å²) in [5.74, 6) is -0.761. The fourth-order valence-corrected chi connectivity index (χ4v) is 1.98. The van der Waals surface area contributed by atoms with E-state index in [1.54, 1.807) is 0 Å². The van der Waals surface area contributed by atoms with Crippen molar-refractivity contribution in [3.05, 3.63) is 34.4 Å². The molecule has 0 radical (unpaired) electrons. The molecule has 0 spiro atoms. The van der Waals surface area contributed by atoms with Crippen LogP contribution in [0.15, 0.2) is 28.9 Å². The Bertz CT molecular complexity index is 504. The molecule has 78 valence electrons. The van der Waals surface area contributed by atoms with Gasteiger partial charge in [0.1, 0.15) is 0 Å². The summed E-state index contributed by atoms with van der Waals surface area (Å²) in [6.07, 6.45) is 2.63. The first-order valence-electron chi connectivity index (χ1n) is 4.64. The minimum atomic E-state index is -0.761. The average Bonchev–Trinajstić information content (AvgIpc) is 2.57. The molecule has 2 aromatic rings. The van der Waals surface area contributed by atoms with Crippen LogP contribution in [0.1, 0.15) is 12.0 Å². The summed E-state index contributed by atoms with van der Waals surface area (Å²) in [6.45, 7) is 0. The van der Waals surface area contributed by atoms with Crippen LogP contribution in [0, 0.1) is 0 Å². The lowest BCUT2D eigenvalue weighted by molar-refractivity contribution is -0.136. The Labute approximate surface area is 95.2 Å². The molecule has 2 N–H and O–H groups in total. The number of carbonyl (C=O) groups is 1. The quantitative estimate of drug-likeness (QED) is 0.899. The number of nitrogens with one attached hydrogen (secondary N) is 1. The molecule has 0 saturated carbocycles. The number of hydrogen-bond donors (Lipinski definition) is 2. The van der Waals surface area contributed by atoms with E-state index in [0.717, 1.165) is 20.9 Å². The molecule has 1 heterocycles. The predicted octanol–water partition coefficient (Wildman–Crippen LogP) is 2.95. The second-order valence-corrected chi connectivity index (χ2v) is 4.26. The summed E-state index contributed by atoms with van der Waals surface area (Å²) in [7, 11) is 0. The zero-order valence-electron chi connectivity index (χ0n) is 7.96. The first-order chi connectivity index (χ1) is 7.16. The van der Waals surface area contributed by atoms with E-state index in [1.165, 1.54) is 0 Å². The summed E-state index contributed by atoms with van der Waals surface area (Å²) in [4.78, 5) is 13.6. The van der Waals surface area contributed by atoms with Gasteiger partial charge in [-0.05, 0) is 40.0 Å². The van der Waals surface area contributed by atoms with Gasteiger partial charge in [-0.25, -0.2) is 0 Å². The van der Waals surface area contributed by atoms with E-state index < -0.39 is 5.97 Å². The molecular weight excluding hydrogens is 258 g/mol. The van der Waals surface area contributed by atoms with E-state index in [4.69, 9.17) is 5.11 Å². The first-order valence-corrected chi connectivity index (χ1v) is 5.43. The van der Waals surface area contributed by atoms with Crippen molar-refractivity contribution in [1.82, 2.24) is 4.98 Å². The smallest absolute Gasteiger partial charge is 0.303 e. The van der Waals surface area contributed by atoms with Crippen LogP contribution in [0.4, 0.5) is 0 Å². The van der Waals surface area contributed by atoms with Crippen LogP contribution in [0.3, 0.4) is 0 Å². The number of aliphatic carboxylic acids is 1. The van der Waals surface area contributed by atoms with E-state index in [-0.39, 0.29) is 6.42 Å². The second-order valence-electron chi connectivity index (χ2n) is 3.41. The molecule has 0 aliphatic heterocycles. The fraction of sp³-hybridized carbons (Fsp3) is 0.182. The fourth-order valence-electron chi connectivity index (χ4n) is 1.54. The van der Waals surface area contributed by atoms with Crippen LogP contribution >= 0.6 is 15.9 Å². The molecule has 0 aliphatic rings. The molecule has 0 fully saturated rings. The lowest BCUT2D eigenvalue weighted by Crippen LogP contribution is -1.97. The number of aromatic nitrogens is 1. The Balaban J connectivity index is 2.29. The van der Waals surface area contributed by atoms with Gasteiger partial charge in [0.25, 0.3) is 0 Å². The molecular formula is C11H10BrNO2. The van der Waals surface area contributed by atoms with Gasteiger partial charge in [-0.15, -0.1) is 0 Å². The van der Waals surface area contributed by atoms with Gasteiger partial charge in [0.2, 0.25) is 0 Å². The molecule has 0 atom stereocenters. The summed E-state index contributed by atoms with van der Waals surface area (Å²) in [5, 5.41) is 9.68. The van der Waals surface area contributed by atoms with E-state index in [2.05, 4.69) is 20.9 Å². The van der Waals surface area contributed by atoms with Crippen molar-refractivity contribution < 1.29 is 9.90 Å². The normalized spacial score (nSPS) is 10.7. The number of benzene rings is 1. The summed E-state index contributed by atoms with van der Waals surface area (Å²) < 4.78 is 1.01. The van der Waals surface area contributed by atoms with Gasteiger partial charge in [-0.1, -0.05) is 6.07 Å². The Morgan fingerprint density at radius 2 is 2.27 bits per heavy atom. The number of halogens is 1. The van der Waals surface area contributed by atoms with Crippen LogP contribution in [-0.2, 0) is 11.2 Å². The second kappa shape index (κ2) is 4.06. The number of carboxylic acids is 1. The van der Waals surface area contributed by atoms with Crippen molar-refractivity contribution >= 4 is 32.8 Å². The number of H-pyrrole nitrogens is 1. The van der Waals surface area contributed by atoms with E-state index in [9.17, 15) is 4.79 Å². The average molecular weight is 268 g/mol. The van der Waals surface area contributed by atoms with E-state index in [1.807, 2.05) is 24.4 Å². The van der Waals surface area contributed by atoms with Crippen LogP contribution in [0.2, 0.25) is 0 Å². The monoisotopic (exact) mass is 267 g/mol. The third-order valence-electron chi connectivity index (χ3n) is 2.32. The molecule has 0 bridgehead atoms. The zero-order chi connectivity index (χ0) is 10.8. The molecule has 2 rings (SSSR count). The van der Waals surface area contributed by atoms with Crippen molar-refractivity contribution in [2.24, 2.45) is 0 Å². The maximum atomic E-state index is 10.4. The highest BCUT2D eigenvalue weighted by Gasteiger charge is 2.03. The van der Waals surface area contributed by atoms with Crippen LogP contribution in [-0.4, -0.2) is 16.1 Å². The maximum absolute atomic E-state index is 10.4. The molecule has 0 saturated heterocycles. The highest BCUT2D eigenvalue weighted by molar-refractivity contribution is 9.10. The van der Waals surface area contributed by atoms with Crippen molar-refractivity contribution in [2.75, 3.05) is 0 Å². The lowest BCUT2D eigenvalue weighted by Gasteiger charge is -1.99. The lowest BCUT2D eigenvalue weighted by atomic mass is 10.1. The molecule has 0 amide bonds. The van der Waals surface area contributed by atoms with Gasteiger partial charge in [0, 0.05) is 28.0 Å². The van der Waals surface area contributed by atoms with Crippen molar-refractivity contribution in [3.8, 4) is 0 Å². The highest BCUT2D eigenvalue weighted by Crippen LogP contribution is 2.24. The predicted molar refractivity (Wildman–Crippen MR) is 62.0 cm³/mol. The molecule has 3 nitrogen and oxygen atoms in total. The molecule has 1 aromatic heterocycles. The molecule has 0 unspecified atom stereocenters. The Morgan fingerprint density at radius 1 is 1.47 bits per heavy atom. The molecule has 0 aliphatic carbocycles. The van der Waals surface area contributed by atoms with E-state index >= 15 is 0 Å². The number of aromatic amines is 1. The van der Waals surface area contributed by atoms with Gasteiger partial charge in [0.05, 0.1) is 0 Å². The van der Waals surface area contributed by atoms with Gasteiger partial charge in [-0.3, -0.25) is 4.79 Å². The topological polar surface area (TPSA) is 53.1 Å². The minimum Gasteiger partial charge on any atom is -0.481 e. The standard InChI is InChI=1S/C11H10BrNO2/c12-9-6-13-10-3-1-7(5-8(9)10)2-4-11(14)15/h1,3,5-6,13H,2,4H2,(H,14,15).